The monoisotopic (exact) mass is 356 g/mol. The van der Waals surface area contributed by atoms with Gasteiger partial charge in [0.15, 0.2) is 0 Å². The van der Waals surface area contributed by atoms with Crippen molar-refractivity contribution >= 4 is 46.4 Å². The Labute approximate surface area is 148 Å². The SMILES string of the molecule is O=C1C2=CN(c3ccc(Cl)cc3)C(=O)C2=CN1c1ccc(Cl)cc1. The summed E-state index contributed by atoms with van der Waals surface area (Å²) in [6, 6.07) is 13.8. The van der Waals surface area contributed by atoms with Gasteiger partial charge in [0.05, 0.1) is 11.1 Å². The minimum absolute atomic E-state index is 0.239. The van der Waals surface area contributed by atoms with Crippen LogP contribution in [0.2, 0.25) is 10.0 Å². The summed E-state index contributed by atoms with van der Waals surface area (Å²) >= 11 is 11.7. The first kappa shape index (κ1) is 15.0. The number of carbonyl (C=O) groups excluding carboxylic acids is 2. The minimum Gasteiger partial charge on any atom is -0.283 e. The van der Waals surface area contributed by atoms with Crippen molar-refractivity contribution in [2.24, 2.45) is 0 Å². The summed E-state index contributed by atoms with van der Waals surface area (Å²) in [5.74, 6) is -0.478. The molecule has 2 aliphatic heterocycles. The zero-order chi connectivity index (χ0) is 16.8. The summed E-state index contributed by atoms with van der Waals surface area (Å²) in [7, 11) is 0. The van der Waals surface area contributed by atoms with Crippen LogP contribution in [0.5, 0.6) is 0 Å². The van der Waals surface area contributed by atoms with Crippen LogP contribution in [0.15, 0.2) is 72.1 Å². The summed E-state index contributed by atoms with van der Waals surface area (Å²) < 4.78 is 0. The average Bonchev–Trinajstić information content (AvgIpc) is 3.07. The second-order valence-corrected chi connectivity index (χ2v) is 6.26. The molecule has 6 heteroatoms. The molecule has 2 amide bonds. The van der Waals surface area contributed by atoms with Crippen molar-refractivity contribution < 1.29 is 9.59 Å². The van der Waals surface area contributed by atoms with Crippen LogP contribution >= 0.6 is 23.2 Å². The number of benzene rings is 2. The van der Waals surface area contributed by atoms with Gasteiger partial charge in [-0.1, -0.05) is 23.2 Å². The Morgan fingerprint density at radius 2 is 0.917 bits per heavy atom. The second kappa shape index (κ2) is 5.51. The molecule has 0 N–H and O–H groups in total. The lowest BCUT2D eigenvalue weighted by Crippen LogP contribution is -2.23. The molecule has 2 heterocycles. The van der Waals surface area contributed by atoms with Gasteiger partial charge >= 0.3 is 0 Å². The fraction of sp³-hybridized carbons (Fsp3) is 0. The van der Waals surface area contributed by atoms with Gasteiger partial charge in [-0.2, -0.15) is 0 Å². The molecule has 0 atom stereocenters. The number of hydrogen-bond acceptors (Lipinski definition) is 2. The Hall–Kier alpha value is -2.56. The largest absolute Gasteiger partial charge is 0.283 e. The maximum Gasteiger partial charge on any atom is 0.264 e. The van der Waals surface area contributed by atoms with Crippen molar-refractivity contribution in [3.8, 4) is 0 Å². The van der Waals surface area contributed by atoms with Gasteiger partial charge in [0, 0.05) is 33.8 Å². The third-order valence-electron chi connectivity index (χ3n) is 3.91. The van der Waals surface area contributed by atoms with Crippen molar-refractivity contribution in [1.29, 1.82) is 0 Å². The van der Waals surface area contributed by atoms with Gasteiger partial charge in [-0.25, -0.2) is 0 Å². The van der Waals surface area contributed by atoms with Gasteiger partial charge in [0.2, 0.25) is 0 Å². The summed E-state index contributed by atoms with van der Waals surface area (Å²) in [5, 5.41) is 1.17. The Kier molecular flexibility index (Phi) is 3.44. The first-order valence-corrected chi connectivity index (χ1v) is 7.92. The number of amides is 2. The first-order chi connectivity index (χ1) is 11.5. The van der Waals surface area contributed by atoms with Crippen molar-refractivity contribution in [3.05, 3.63) is 82.1 Å². The number of halogens is 2. The number of anilines is 2. The molecule has 2 aliphatic rings. The van der Waals surface area contributed by atoms with E-state index in [4.69, 9.17) is 23.2 Å². The first-order valence-electron chi connectivity index (χ1n) is 7.17. The number of hydrogen-bond donors (Lipinski definition) is 0. The zero-order valence-corrected chi connectivity index (χ0v) is 13.8. The fourth-order valence-corrected chi connectivity index (χ4v) is 2.95. The molecule has 0 fully saturated rings. The van der Waals surface area contributed by atoms with Crippen LogP contribution in [-0.4, -0.2) is 11.8 Å². The lowest BCUT2D eigenvalue weighted by Gasteiger charge is -2.16. The van der Waals surface area contributed by atoms with Gasteiger partial charge in [-0.15, -0.1) is 0 Å². The zero-order valence-electron chi connectivity index (χ0n) is 12.2. The topological polar surface area (TPSA) is 40.6 Å². The van der Waals surface area contributed by atoms with Gasteiger partial charge < -0.3 is 0 Å². The molecular weight excluding hydrogens is 347 g/mol. The molecule has 118 valence electrons. The quantitative estimate of drug-likeness (QED) is 0.810. The van der Waals surface area contributed by atoms with Gasteiger partial charge in [-0.3, -0.25) is 19.4 Å². The number of fused-ring (bicyclic) bond motifs is 1. The van der Waals surface area contributed by atoms with Crippen LogP contribution in [0.25, 0.3) is 0 Å². The summed E-state index contributed by atoms with van der Waals surface area (Å²) in [6.45, 7) is 0. The molecule has 2 aromatic carbocycles. The maximum absolute atomic E-state index is 12.6. The molecule has 2 aromatic rings. The second-order valence-electron chi connectivity index (χ2n) is 5.39. The minimum atomic E-state index is -0.239. The molecule has 4 rings (SSSR count). The highest BCUT2D eigenvalue weighted by Gasteiger charge is 2.40. The summed E-state index contributed by atoms with van der Waals surface area (Å²) in [4.78, 5) is 28.1. The molecule has 0 saturated heterocycles. The van der Waals surface area contributed by atoms with E-state index in [0.717, 1.165) is 0 Å². The van der Waals surface area contributed by atoms with E-state index in [-0.39, 0.29) is 11.8 Å². The van der Waals surface area contributed by atoms with Gasteiger partial charge in [0.1, 0.15) is 0 Å². The Bertz CT molecular complexity index is 838. The van der Waals surface area contributed by atoms with Crippen molar-refractivity contribution in [1.82, 2.24) is 0 Å². The van der Waals surface area contributed by atoms with E-state index in [1.54, 1.807) is 60.9 Å². The highest BCUT2D eigenvalue weighted by molar-refractivity contribution is 6.31. The molecule has 0 bridgehead atoms. The van der Waals surface area contributed by atoms with Crippen molar-refractivity contribution in [2.45, 2.75) is 0 Å². The van der Waals surface area contributed by atoms with Crippen LogP contribution < -0.4 is 9.80 Å². The Morgan fingerprint density at radius 1 is 0.583 bits per heavy atom. The highest BCUT2D eigenvalue weighted by Crippen LogP contribution is 2.36. The van der Waals surface area contributed by atoms with E-state index < -0.39 is 0 Å². The predicted octanol–water partition coefficient (Wildman–Crippen LogP) is 4.15. The molecule has 0 spiro atoms. The van der Waals surface area contributed by atoms with E-state index in [2.05, 4.69) is 0 Å². The number of rotatable bonds is 2. The molecular formula is C18H10Cl2N2O2. The van der Waals surface area contributed by atoms with Gasteiger partial charge in [-0.05, 0) is 48.5 Å². The third kappa shape index (κ3) is 2.31. The third-order valence-corrected chi connectivity index (χ3v) is 4.42. The fourth-order valence-electron chi connectivity index (χ4n) is 2.70. The normalized spacial score (nSPS) is 16.4. The average molecular weight is 357 g/mol. The van der Waals surface area contributed by atoms with Crippen molar-refractivity contribution in [3.63, 3.8) is 0 Å². The standard InChI is InChI=1S/C18H10Cl2N2O2/c19-11-1-5-13(6-2-11)21-9-15-16(17(21)23)10-22(18(15)24)14-7-3-12(20)4-8-14/h1-10H. The van der Waals surface area contributed by atoms with E-state index in [9.17, 15) is 9.59 Å². The lowest BCUT2D eigenvalue weighted by atomic mass is 10.2. The summed E-state index contributed by atoms with van der Waals surface area (Å²) in [6.07, 6.45) is 3.13. The van der Waals surface area contributed by atoms with E-state index in [1.165, 1.54) is 9.80 Å². The Morgan fingerprint density at radius 3 is 1.25 bits per heavy atom. The van der Waals surface area contributed by atoms with E-state index in [1.807, 2.05) is 0 Å². The highest BCUT2D eigenvalue weighted by atomic mass is 35.5. The molecule has 24 heavy (non-hydrogen) atoms. The van der Waals surface area contributed by atoms with Gasteiger partial charge in [0.25, 0.3) is 11.8 Å². The smallest absolute Gasteiger partial charge is 0.264 e. The Balaban J connectivity index is 1.68. The molecule has 0 radical (unpaired) electrons. The lowest BCUT2D eigenvalue weighted by molar-refractivity contribution is -0.115. The van der Waals surface area contributed by atoms with Crippen LogP contribution in [0.3, 0.4) is 0 Å². The molecule has 0 saturated carbocycles. The molecule has 0 aromatic heterocycles. The molecule has 0 unspecified atom stereocenters. The van der Waals surface area contributed by atoms with Crippen LogP contribution in [-0.2, 0) is 9.59 Å². The molecule has 4 nitrogen and oxygen atoms in total. The number of carbonyl (C=O) groups is 2. The summed E-state index contributed by atoms with van der Waals surface area (Å²) in [5.41, 5.74) is 2.09. The predicted molar refractivity (Wildman–Crippen MR) is 94.0 cm³/mol. The maximum atomic E-state index is 12.6. The van der Waals surface area contributed by atoms with Crippen LogP contribution in [0.4, 0.5) is 11.4 Å². The molecule has 0 aliphatic carbocycles. The van der Waals surface area contributed by atoms with Crippen molar-refractivity contribution in [2.75, 3.05) is 9.80 Å². The van der Waals surface area contributed by atoms with E-state index in [0.29, 0.717) is 32.6 Å². The van der Waals surface area contributed by atoms with Crippen LogP contribution in [0.1, 0.15) is 0 Å². The van der Waals surface area contributed by atoms with Crippen LogP contribution in [0, 0.1) is 0 Å². The van der Waals surface area contributed by atoms with E-state index >= 15 is 0 Å². The number of nitrogens with zero attached hydrogens (tertiary/aromatic N) is 2.